The predicted octanol–water partition coefficient (Wildman–Crippen LogP) is 13.7. The van der Waals surface area contributed by atoms with Crippen LogP contribution in [-0.2, 0) is 0 Å². The first kappa shape index (κ1) is 35.0. The molecule has 5 heteroatoms. The molecule has 0 spiro atoms. The Morgan fingerprint density at radius 2 is 0.617 bits per heavy atom. The van der Waals surface area contributed by atoms with Gasteiger partial charge in [0.15, 0.2) is 0 Å². The van der Waals surface area contributed by atoms with Crippen LogP contribution in [0.4, 0.5) is 0 Å². The minimum atomic E-state index is 0.886. The van der Waals surface area contributed by atoms with Crippen LogP contribution in [0.2, 0.25) is 0 Å². The molecule has 5 heterocycles. The first-order valence-electron chi connectivity index (χ1n) is 20.2. The van der Waals surface area contributed by atoms with Gasteiger partial charge < -0.3 is 0 Å². The van der Waals surface area contributed by atoms with Crippen molar-refractivity contribution in [2.24, 2.45) is 0 Å². The fourth-order valence-corrected chi connectivity index (χ4v) is 8.27. The monoisotopic (exact) mass is 767 g/mol. The minimum absolute atomic E-state index is 0.886. The maximum absolute atomic E-state index is 5.45. The Kier molecular flexibility index (Phi) is 8.75. The average molecular weight is 768 g/mol. The van der Waals surface area contributed by atoms with Gasteiger partial charge in [-0.2, -0.15) is 0 Å². The number of hydrogen-bond donors (Lipinski definition) is 0. The second-order valence-electron chi connectivity index (χ2n) is 14.9. The van der Waals surface area contributed by atoms with Crippen molar-refractivity contribution in [2.45, 2.75) is 0 Å². The first-order valence-corrected chi connectivity index (χ1v) is 20.2. The topological polar surface area (TPSA) is 47.5 Å². The van der Waals surface area contributed by atoms with Crippen LogP contribution in [0.25, 0.3) is 101 Å². The average Bonchev–Trinajstić information content (AvgIpc) is 3.92. The van der Waals surface area contributed by atoms with E-state index in [-0.39, 0.29) is 0 Å². The Morgan fingerprint density at radius 1 is 0.250 bits per heavy atom. The Labute approximate surface area is 348 Å². The van der Waals surface area contributed by atoms with Crippen molar-refractivity contribution in [3.63, 3.8) is 0 Å². The molecule has 60 heavy (non-hydrogen) atoms. The number of hydrogen-bond acceptors (Lipinski definition) is 3. The van der Waals surface area contributed by atoms with Crippen molar-refractivity contribution < 1.29 is 0 Å². The number of rotatable bonds is 8. The highest BCUT2D eigenvalue weighted by molar-refractivity contribution is 5.87. The molecule has 11 aromatic rings. The molecule has 5 aromatic heterocycles. The van der Waals surface area contributed by atoms with Crippen molar-refractivity contribution in [2.75, 3.05) is 0 Å². The highest BCUT2D eigenvalue weighted by Crippen LogP contribution is 2.39. The molecule has 0 unspecified atom stereocenters. The summed E-state index contributed by atoms with van der Waals surface area (Å²) in [5, 5.41) is 0. The van der Waals surface area contributed by atoms with Crippen LogP contribution < -0.4 is 0 Å². The highest BCUT2D eigenvalue weighted by Gasteiger charge is 2.19. The number of nitrogens with zero attached hydrogens (tertiary/aromatic N) is 5. The van der Waals surface area contributed by atoms with Crippen LogP contribution in [0.1, 0.15) is 0 Å². The lowest BCUT2D eigenvalue weighted by atomic mass is 9.96. The van der Waals surface area contributed by atoms with E-state index >= 15 is 0 Å². The quantitative estimate of drug-likeness (QED) is 0.155. The third-order valence-electron chi connectivity index (χ3n) is 11.2. The second kappa shape index (κ2) is 15.0. The zero-order chi connectivity index (χ0) is 39.8. The lowest BCUT2D eigenvalue weighted by Crippen LogP contribution is -1.94. The molecule has 0 aliphatic carbocycles. The summed E-state index contributed by atoms with van der Waals surface area (Å²) in [7, 11) is 0. The van der Waals surface area contributed by atoms with Gasteiger partial charge >= 0.3 is 0 Å². The van der Waals surface area contributed by atoms with E-state index in [1.807, 2.05) is 24.3 Å². The van der Waals surface area contributed by atoms with Gasteiger partial charge in [-0.1, -0.05) is 164 Å². The molecule has 0 atom stereocenters. The van der Waals surface area contributed by atoms with Gasteiger partial charge in [0.2, 0.25) is 0 Å². The van der Waals surface area contributed by atoms with E-state index in [1.54, 1.807) is 0 Å². The summed E-state index contributed by atoms with van der Waals surface area (Å²) in [6.07, 6.45) is 4.18. The molecule has 0 radical (unpaired) electrons. The van der Waals surface area contributed by atoms with Crippen LogP contribution in [-0.4, -0.2) is 23.8 Å². The Morgan fingerprint density at radius 3 is 1.08 bits per heavy atom. The zero-order valence-electron chi connectivity index (χ0n) is 32.6. The zero-order valence-corrected chi connectivity index (χ0v) is 32.6. The van der Waals surface area contributed by atoms with E-state index in [1.165, 1.54) is 11.1 Å². The Hall–Kier alpha value is -8.15. The molecule has 5 nitrogen and oxygen atoms in total. The SMILES string of the molecule is c1ccc(-c2ccc(-c3cc(-c4cccc(-c5c(-c6ccccc6)nc6ccccn56)c4)nc(-c4cccc(-c5c(-c6ccccc6)nc6ccccn56)c4)c3)cc2)cc1. The molecule has 0 aliphatic heterocycles. The van der Waals surface area contributed by atoms with Gasteiger partial charge in [-0.25, -0.2) is 15.0 Å². The summed E-state index contributed by atoms with van der Waals surface area (Å²) in [4.78, 5) is 15.7. The molecule has 0 fully saturated rings. The normalized spacial score (nSPS) is 11.3. The van der Waals surface area contributed by atoms with Crippen LogP contribution >= 0.6 is 0 Å². The number of pyridine rings is 3. The summed E-state index contributed by atoms with van der Waals surface area (Å²) in [5.74, 6) is 0. The summed E-state index contributed by atoms with van der Waals surface area (Å²) in [5.41, 5.74) is 18.4. The fraction of sp³-hybridized carbons (Fsp3) is 0. The van der Waals surface area contributed by atoms with Gasteiger partial charge in [0.25, 0.3) is 0 Å². The van der Waals surface area contributed by atoms with E-state index < -0.39 is 0 Å². The van der Waals surface area contributed by atoms with Crippen molar-refractivity contribution in [1.29, 1.82) is 0 Å². The number of aromatic nitrogens is 5. The van der Waals surface area contributed by atoms with E-state index in [9.17, 15) is 0 Å². The third-order valence-corrected chi connectivity index (χ3v) is 11.2. The van der Waals surface area contributed by atoms with E-state index in [2.05, 4.69) is 209 Å². The molecular formula is C55H37N5. The number of imidazole rings is 2. The Balaban J connectivity index is 1.08. The summed E-state index contributed by atoms with van der Waals surface area (Å²) in [6, 6.07) is 74.3. The maximum atomic E-state index is 5.45. The fourth-order valence-electron chi connectivity index (χ4n) is 8.27. The first-order chi connectivity index (χ1) is 29.7. The molecule has 282 valence electrons. The smallest absolute Gasteiger partial charge is 0.137 e. The van der Waals surface area contributed by atoms with Gasteiger partial charge in [0, 0.05) is 45.8 Å². The third kappa shape index (κ3) is 6.45. The Bertz CT molecular complexity index is 3110. The highest BCUT2D eigenvalue weighted by atomic mass is 15.0. The van der Waals surface area contributed by atoms with Crippen molar-refractivity contribution in [3.8, 4) is 89.8 Å². The van der Waals surface area contributed by atoms with Crippen molar-refractivity contribution >= 4 is 11.3 Å². The number of fused-ring (bicyclic) bond motifs is 2. The van der Waals surface area contributed by atoms with E-state index in [0.717, 1.165) is 90.0 Å². The maximum Gasteiger partial charge on any atom is 0.137 e. The standard InChI is InChI=1S/C55H37N5/c1-4-16-38(17-5-1)39-28-30-40(31-29-39)47-36-48(43-22-14-24-45(34-43)54-52(41-18-6-2-7-19-41)57-50-26-10-12-32-59(50)54)56-49(37-47)44-23-15-25-46(35-44)55-53(42-20-8-3-9-21-42)58-51-27-11-13-33-60(51)55/h1-37H. The molecule has 0 amide bonds. The van der Waals surface area contributed by atoms with Gasteiger partial charge in [-0.3, -0.25) is 8.80 Å². The van der Waals surface area contributed by atoms with Crippen LogP contribution in [0.15, 0.2) is 225 Å². The second-order valence-corrected chi connectivity index (χ2v) is 14.9. The van der Waals surface area contributed by atoms with Crippen LogP contribution in [0, 0.1) is 0 Å². The summed E-state index contributed by atoms with van der Waals surface area (Å²) in [6.45, 7) is 0. The molecule has 0 saturated heterocycles. The van der Waals surface area contributed by atoms with Gasteiger partial charge in [0.05, 0.1) is 34.2 Å². The van der Waals surface area contributed by atoms with Crippen LogP contribution in [0.3, 0.4) is 0 Å². The van der Waals surface area contributed by atoms with Crippen molar-refractivity contribution in [3.05, 3.63) is 225 Å². The predicted molar refractivity (Wildman–Crippen MR) is 245 cm³/mol. The lowest BCUT2D eigenvalue weighted by molar-refractivity contribution is 1.19. The van der Waals surface area contributed by atoms with Crippen molar-refractivity contribution in [1.82, 2.24) is 23.8 Å². The number of benzene rings is 6. The molecule has 6 aromatic carbocycles. The molecular weight excluding hydrogens is 731 g/mol. The van der Waals surface area contributed by atoms with Gasteiger partial charge in [-0.05, 0) is 70.8 Å². The lowest BCUT2D eigenvalue weighted by Gasteiger charge is -2.13. The summed E-state index contributed by atoms with van der Waals surface area (Å²) < 4.78 is 4.36. The van der Waals surface area contributed by atoms with Gasteiger partial charge in [-0.15, -0.1) is 0 Å². The molecule has 0 N–H and O–H groups in total. The van der Waals surface area contributed by atoms with E-state index in [0.29, 0.717) is 0 Å². The molecule has 0 bridgehead atoms. The molecule has 0 aliphatic rings. The molecule has 11 rings (SSSR count). The largest absolute Gasteiger partial charge is 0.299 e. The van der Waals surface area contributed by atoms with Crippen LogP contribution in [0.5, 0.6) is 0 Å². The van der Waals surface area contributed by atoms with Gasteiger partial charge in [0.1, 0.15) is 11.3 Å². The molecule has 0 saturated carbocycles. The summed E-state index contributed by atoms with van der Waals surface area (Å²) >= 11 is 0. The van der Waals surface area contributed by atoms with E-state index in [4.69, 9.17) is 15.0 Å². The minimum Gasteiger partial charge on any atom is -0.299 e.